The van der Waals surface area contributed by atoms with Crippen molar-refractivity contribution in [3.05, 3.63) is 41.1 Å². The van der Waals surface area contributed by atoms with Gasteiger partial charge in [-0.25, -0.2) is 14.4 Å². The summed E-state index contributed by atoms with van der Waals surface area (Å²) in [6, 6.07) is 5.10. The molecule has 0 fully saturated rings. The van der Waals surface area contributed by atoms with Crippen LogP contribution in [0.3, 0.4) is 0 Å². The van der Waals surface area contributed by atoms with Crippen LogP contribution in [0.2, 0.25) is 5.15 Å². The summed E-state index contributed by atoms with van der Waals surface area (Å²) in [5.74, 6) is -2.36. The standard InChI is InChI=1S/C12H7ClF4N2O/c1-20-8-4-2-3-6(10(8)14)7-5-9(13)19-11(18-7)12(15,16)17/h2-5H,1H3. The van der Waals surface area contributed by atoms with Gasteiger partial charge in [-0.15, -0.1) is 0 Å². The topological polar surface area (TPSA) is 35.0 Å². The Morgan fingerprint density at radius 1 is 1.20 bits per heavy atom. The first kappa shape index (κ1) is 14.5. The number of methoxy groups -OCH3 is 1. The van der Waals surface area contributed by atoms with Crippen LogP contribution in [0.4, 0.5) is 17.6 Å². The molecule has 3 nitrogen and oxygen atoms in total. The van der Waals surface area contributed by atoms with Crippen LogP contribution in [0.15, 0.2) is 24.3 Å². The molecule has 2 aromatic rings. The predicted molar refractivity (Wildman–Crippen MR) is 64.0 cm³/mol. The molecule has 106 valence electrons. The first-order valence-electron chi connectivity index (χ1n) is 5.27. The highest BCUT2D eigenvalue weighted by Gasteiger charge is 2.35. The summed E-state index contributed by atoms with van der Waals surface area (Å²) in [7, 11) is 1.25. The Morgan fingerprint density at radius 3 is 2.50 bits per heavy atom. The number of ether oxygens (including phenoxy) is 1. The van der Waals surface area contributed by atoms with E-state index in [-0.39, 0.29) is 17.0 Å². The summed E-state index contributed by atoms with van der Waals surface area (Å²) in [6.45, 7) is 0. The predicted octanol–water partition coefficient (Wildman–Crippen LogP) is 3.96. The molecule has 0 aliphatic rings. The average molecular weight is 307 g/mol. The molecule has 0 aliphatic carbocycles. The molecule has 0 saturated carbocycles. The normalized spacial score (nSPS) is 11.5. The van der Waals surface area contributed by atoms with Crippen molar-refractivity contribution in [2.75, 3.05) is 7.11 Å². The van der Waals surface area contributed by atoms with Crippen LogP contribution in [-0.2, 0) is 6.18 Å². The first-order chi connectivity index (χ1) is 9.32. The lowest BCUT2D eigenvalue weighted by Gasteiger charge is -2.10. The number of aromatic nitrogens is 2. The van der Waals surface area contributed by atoms with Crippen LogP contribution in [0.25, 0.3) is 11.3 Å². The number of alkyl halides is 3. The molecule has 0 saturated heterocycles. The molecule has 8 heteroatoms. The third kappa shape index (κ3) is 2.82. The second kappa shape index (κ2) is 5.24. The highest BCUT2D eigenvalue weighted by molar-refractivity contribution is 6.29. The Morgan fingerprint density at radius 2 is 1.90 bits per heavy atom. The van der Waals surface area contributed by atoms with E-state index in [2.05, 4.69) is 9.97 Å². The maximum absolute atomic E-state index is 14.0. The van der Waals surface area contributed by atoms with Gasteiger partial charge in [0.2, 0.25) is 5.82 Å². The Labute approximate surface area is 116 Å². The molecule has 0 radical (unpaired) electrons. The van der Waals surface area contributed by atoms with Gasteiger partial charge in [0.15, 0.2) is 11.6 Å². The molecule has 0 bridgehead atoms. The molecule has 0 N–H and O–H groups in total. The lowest BCUT2D eigenvalue weighted by atomic mass is 10.1. The zero-order valence-corrected chi connectivity index (χ0v) is 10.8. The van der Waals surface area contributed by atoms with Gasteiger partial charge in [-0.2, -0.15) is 13.2 Å². The van der Waals surface area contributed by atoms with E-state index >= 15 is 0 Å². The fourth-order valence-electron chi connectivity index (χ4n) is 1.55. The van der Waals surface area contributed by atoms with Gasteiger partial charge in [-0.1, -0.05) is 17.7 Å². The van der Waals surface area contributed by atoms with Gasteiger partial charge in [-0.3, -0.25) is 0 Å². The van der Waals surface area contributed by atoms with Gasteiger partial charge in [0, 0.05) is 11.6 Å². The van der Waals surface area contributed by atoms with Gasteiger partial charge in [0.1, 0.15) is 5.15 Å². The van der Waals surface area contributed by atoms with Crippen molar-refractivity contribution in [2.24, 2.45) is 0 Å². The van der Waals surface area contributed by atoms with Crippen molar-refractivity contribution in [2.45, 2.75) is 6.18 Å². The minimum Gasteiger partial charge on any atom is -0.494 e. The fourth-order valence-corrected chi connectivity index (χ4v) is 1.73. The molecule has 0 spiro atoms. The zero-order chi connectivity index (χ0) is 14.9. The molecule has 0 atom stereocenters. The molecular formula is C12H7ClF4N2O. The Balaban J connectivity index is 2.62. The van der Waals surface area contributed by atoms with Crippen LogP contribution in [0.5, 0.6) is 5.75 Å². The van der Waals surface area contributed by atoms with Crippen LogP contribution < -0.4 is 4.74 Å². The Hall–Kier alpha value is -1.89. The molecule has 1 aromatic heterocycles. The monoisotopic (exact) mass is 306 g/mol. The number of nitrogens with zero attached hydrogens (tertiary/aromatic N) is 2. The molecular weight excluding hydrogens is 300 g/mol. The van der Waals surface area contributed by atoms with Crippen molar-refractivity contribution in [3.8, 4) is 17.0 Å². The molecule has 0 unspecified atom stereocenters. The average Bonchev–Trinajstić information content (AvgIpc) is 2.37. The molecule has 1 heterocycles. The van der Waals surface area contributed by atoms with E-state index in [4.69, 9.17) is 16.3 Å². The van der Waals surface area contributed by atoms with E-state index in [1.807, 2.05) is 0 Å². The molecule has 0 aliphatic heterocycles. The largest absolute Gasteiger partial charge is 0.494 e. The number of benzene rings is 1. The third-order valence-corrected chi connectivity index (χ3v) is 2.60. The van der Waals surface area contributed by atoms with Crippen LogP contribution in [0.1, 0.15) is 5.82 Å². The minimum absolute atomic E-state index is 0.106. The van der Waals surface area contributed by atoms with E-state index in [9.17, 15) is 17.6 Å². The zero-order valence-electron chi connectivity index (χ0n) is 10.0. The van der Waals surface area contributed by atoms with Gasteiger partial charge >= 0.3 is 6.18 Å². The summed E-state index contributed by atoms with van der Waals surface area (Å²) in [5, 5.41) is -0.426. The van der Waals surface area contributed by atoms with Gasteiger partial charge in [-0.05, 0) is 12.1 Å². The number of hydrogen-bond donors (Lipinski definition) is 0. The summed E-state index contributed by atoms with van der Waals surface area (Å²) >= 11 is 5.53. The summed E-state index contributed by atoms with van der Waals surface area (Å²) in [6.07, 6.45) is -4.77. The van der Waals surface area contributed by atoms with Gasteiger partial charge in [0.05, 0.1) is 12.8 Å². The Bertz CT molecular complexity index is 646. The summed E-state index contributed by atoms with van der Waals surface area (Å²) in [4.78, 5) is 6.37. The van der Waals surface area contributed by atoms with Crippen LogP contribution in [0, 0.1) is 5.82 Å². The van der Waals surface area contributed by atoms with Gasteiger partial charge < -0.3 is 4.74 Å². The molecule has 0 amide bonds. The quantitative estimate of drug-likeness (QED) is 0.622. The number of hydrogen-bond acceptors (Lipinski definition) is 3. The lowest BCUT2D eigenvalue weighted by molar-refractivity contribution is -0.144. The van der Waals surface area contributed by atoms with Crippen molar-refractivity contribution in [1.82, 2.24) is 9.97 Å². The maximum Gasteiger partial charge on any atom is 0.451 e. The summed E-state index contributed by atoms with van der Waals surface area (Å²) in [5.41, 5.74) is -0.423. The lowest BCUT2D eigenvalue weighted by Crippen LogP contribution is -2.11. The fraction of sp³-hybridized carbons (Fsp3) is 0.167. The van der Waals surface area contributed by atoms with E-state index in [0.717, 1.165) is 6.07 Å². The smallest absolute Gasteiger partial charge is 0.451 e. The number of rotatable bonds is 2. The highest BCUT2D eigenvalue weighted by Crippen LogP contribution is 2.32. The second-order valence-electron chi connectivity index (χ2n) is 3.72. The SMILES string of the molecule is COc1cccc(-c2cc(Cl)nc(C(F)(F)F)n2)c1F. The summed E-state index contributed by atoms with van der Waals surface area (Å²) < 4.78 is 56.6. The van der Waals surface area contributed by atoms with Crippen molar-refractivity contribution in [3.63, 3.8) is 0 Å². The van der Waals surface area contributed by atoms with Crippen molar-refractivity contribution in [1.29, 1.82) is 0 Å². The molecule has 20 heavy (non-hydrogen) atoms. The van der Waals surface area contributed by atoms with Crippen molar-refractivity contribution < 1.29 is 22.3 Å². The highest BCUT2D eigenvalue weighted by atomic mass is 35.5. The third-order valence-electron chi connectivity index (χ3n) is 2.41. The van der Waals surface area contributed by atoms with E-state index in [1.54, 1.807) is 0 Å². The molecule has 2 rings (SSSR count). The second-order valence-corrected chi connectivity index (χ2v) is 4.11. The molecule has 1 aromatic carbocycles. The Kier molecular flexibility index (Phi) is 3.80. The van der Waals surface area contributed by atoms with Crippen molar-refractivity contribution >= 4 is 11.6 Å². The van der Waals surface area contributed by atoms with E-state index in [1.165, 1.54) is 25.3 Å². The van der Waals surface area contributed by atoms with Gasteiger partial charge in [0.25, 0.3) is 0 Å². The van der Waals surface area contributed by atoms with Crippen LogP contribution >= 0.6 is 11.6 Å². The maximum atomic E-state index is 14.0. The van der Waals surface area contributed by atoms with E-state index < -0.39 is 23.0 Å². The first-order valence-corrected chi connectivity index (χ1v) is 5.65. The van der Waals surface area contributed by atoms with Crippen LogP contribution in [-0.4, -0.2) is 17.1 Å². The van der Waals surface area contributed by atoms with E-state index in [0.29, 0.717) is 0 Å². The minimum atomic E-state index is -4.77. The number of halogens is 5.